The van der Waals surface area contributed by atoms with Crippen molar-refractivity contribution in [3.63, 3.8) is 0 Å². The molecule has 48 valence electrons. The van der Waals surface area contributed by atoms with Crippen LogP contribution in [0.2, 0.25) is 0 Å². The van der Waals surface area contributed by atoms with Crippen LogP contribution >= 0.6 is 0 Å². The Balaban J connectivity index is 3.17. The van der Waals surface area contributed by atoms with Crippen molar-refractivity contribution in [1.29, 1.82) is 0 Å². The van der Waals surface area contributed by atoms with Crippen molar-refractivity contribution in [3.05, 3.63) is 43.9 Å². The van der Waals surface area contributed by atoms with Crippen molar-refractivity contribution in [1.82, 2.24) is 0 Å². The minimum atomic E-state index is 0.861. The number of rotatable bonds is 4. The van der Waals surface area contributed by atoms with Gasteiger partial charge < -0.3 is 0 Å². The first-order chi connectivity index (χ1) is 4.41. The minimum absolute atomic E-state index is 0.861. The summed E-state index contributed by atoms with van der Waals surface area (Å²) in [7, 11) is 0. The van der Waals surface area contributed by atoms with Gasteiger partial charge in [-0.15, -0.1) is 0 Å². The average Bonchev–Trinajstić information content (AvgIpc) is 1.89. The maximum Gasteiger partial charge on any atom is -0.0166 e. The molecule has 0 heteroatoms. The Morgan fingerprint density at radius 2 is 2.00 bits per heavy atom. The first kappa shape index (κ1) is 8.22. The van der Waals surface area contributed by atoms with Crippen molar-refractivity contribution in [3.8, 4) is 0 Å². The third-order valence-electron chi connectivity index (χ3n) is 0.853. The van der Waals surface area contributed by atoms with Crippen LogP contribution < -0.4 is 0 Å². The Labute approximate surface area is 57.6 Å². The summed E-state index contributed by atoms with van der Waals surface area (Å²) in [5, 5.41) is 0. The van der Waals surface area contributed by atoms with Crippen LogP contribution in [-0.4, -0.2) is 0 Å². The van der Waals surface area contributed by atoms with E-state index in [1.54, 1.807) is 0 Å². The van der Waals surface area contributed by atoms with Crippen molar-refractivity contribution in [2.24, 2.45) is 0 Å². The SMILES string of the molecule is [CH]=CC=CCC=CC[CH2]. The lowest BCUT2D eigenvalue weighted by Gasteiger charge is -1.77. The van der Waals surface area contributed by atoms with Gasteiger partial charge in [0.2, 0.25) is 0 Å². The molecule has 0 spiro atoms. The predicted octanol–water partition coefficient (Wildman–Crippen LogP) is 2.70. The zero-order valence-electron chi connectivity index (χ0n) is 5.59. The third-order valence-corrected chi connectivity index (χ3v) is 0.853. The van der Waals surface area contributed by atoms with Crippen molar-refractivity contribution in [2.75, 3.05) is 0 Å². The summed E-state index contributed by atoms with van der Waals surface area (Å²) >= 11 is 0. The summed E-state index contributed by atoms with van der Waals surface area (Å²) in [6.45, 7) is 8.76. The third kappa shape index (κ3) is 7.22. The second-order valence-corrected chi connectivity index (χ2v) is 1.62. The topological polar surface area (TPSA) is 0 Å². The van der Waals surface area contributed by atoms with Crippen LogP contribution in [0.3, 0.4) is 0 Å². The molecule has 0 atom stereocenters. The van der Waals surface area contributed by atoms with Gasteiger partial charge in [-0.05, 0) is 19.8 Å². The summed E-state index contributed by atoms with van der Waals surface area (Å²) in [4.78, 5) is 0. The molecule has 2 radical (unpaired) electrons. The Bertz CT molecular complexity index is 107. The summed E-state index contributed by atoms with van der Waals surface area (Å²) in [5.74, 6) is 0. The molecule has 0 nitrogen and oxygen atoms in total. The van der Waals surface area contributed by atoms with Crippen LogP contribution in [0.15, 0.2) is 30.4 Å². The number of allylic oxidation sites excluding steroid dienone is 5. The van der Waals surface area contributed by atoms with Gasteiger partial charge in [0.1, 0.15) is 0 Å². The van der Waals surface area contributed by atoms with Gasteiger partial charge in [-0.2, -0.15) is 0 Å². The molecule has 0 aliphatic carbocycles. The maximum absolute atomic E-state index is 5.10. The molecule has 0 N–H and O–H groups in total. The quantitative estimate of drug-likeness (QED) is 0.395. The van der Waals surface area contributed by atoms with E-state index in [4.69, 9.17) is 6.58 Å². The first-order valence-electron chi connectivity index (χ1n) is 3.06. The fourth-order valence-corrected chi connectivity index (χ4v) is 0.450. The summed E-state index contributed by atoms with van der Waals surface area (Å²) in [6, 6.07) is 0. The molecule has 0 heterocycles. The first-order valence-corrected chi connectivity index (χ1v) is 3.06. The largest absolute Gasteiger partial charge is 0.0882 e. The normalized spacial score (nSPS) is 11.2. The molecule has 0 aliphatic rings. The molecule has 0 aromatic heterocycles. The van der Waals surface area contributed by atoms with E-state index >= 15 is 0 Å². The Morgan fingerprint density at radius 3 is 2.56 bits per heavy atom. The molecular weight excluding hydrogens is 108 g/mol. The van der Waals surface area contributed by atoms with Crippen LogP contribution in [-0.2, 0) is 0 Å². The molecule has 0 aliphatic heterocycles. The van der Waals surface area contributed by atoms with Gasteiger partial charge in [-0.1, -0.05) is 37.0 Å². The molecular formula is C9H12. The standard InChI is InChI=1S/C9H12/c1-3-5-7-9-8-6-4-2/h1,3,5-8H,2,4,9H2. The molecule has 0 amide bonds. The second-order valence-electron chi connectivity index (χ2n) is 1.62. The molecule has 0 saturated heterocycles. The molecule has 9 heavy (non-hydrogen) atoms. The number of hydrogen-bond donors (Lipinski definition) is 0. The van der Waals surface area contributed by atoms with E-state index in [1.165, 1.54) is 6.08 Å². The van der Waals surface area contributed by atoms with Crippen LogP contribution in [0.4, 0.5) is 0 Å². The van der Waals surface area contributed by atoms with E-state index in [2.05, 4.69) is 13.0 Å². The van der Waals surface area contributed by atoms with Crippen molar-refractivity contribution < 1.29 is 0 Å². The minimum Gasteiger partial charge on any atom is -0.0882 e. The van der Waals surface area contributed by atoms with E-state index in [1.807, 2.05) is 18.2 Å². The average molecular weight is 120 g/mol. The van der Waals surface area contributed by atoms with Gasteiger partial charge in [-0.3, -0.25) is 0 Å². The highest BCUT2D eigenvalue weighted by molar-refractivity contribution is 5.00. The molecule has 0 unspecified atom stereocenters. The molecule has 0 aromatic carbocycles. The molecule has 0 aromatic rings. The van der Waals surface area contributed by atoms with Crippen LogP contribution in [0.1, 0.15) is 12.8 Å². The fraction of sp³-hybridized carbons (Fsp3) is 0.222. The van der Waals surface area contributed by atoms with Gasteiger partial charge in [0.15, 0.2) is 0 Å². The van der Waals surface area contributed by atoms with E-state index in [0.717, 1.165) is 12.8 Å². The molecule has 0 saturated carbocycles. The highest BCUT2D eigenvalue weighted by Gasteiger charge is 1.66. The molecule has 0 bridgehead atoms. The zero-order valence-corrected chi connectivity index (χ0v) is 5.59. The Kier molecular flexibility index (Phi) is 6.59. The Hall–Kier alpha value is -0.780. The number of hydrogen-bond acceptors (Lipinski definition) is 0. The van der Waals surface area contributed by atoms with Crippen LogP contribution in [0.25, 0.3) is 0 Å². The molecule has 0 fully saturated rings. The van der Waals surface area contributed by atoms with Gasteiger partial charge in [0.25, 0.3) is 0 Å². The highest BCUT2D eigenvalue weighted by atomic mass is 13.7. The van der Waals surface area contributed by atoms with Crippen LogP contribution in [0.5, 0.6) is 0 Å². The smallest absolute Gasteiger partial charge is 0.0166 e. The lowest BCUT2D eigenvalue weighted by molar-refractivity contribution is 1.31. The van der Waals surface area contributed by atoms with Gasteiger partial charge in [-0.25, -0.2) is 0 Å². The Morgan fingerprint density at radius 1 is 1.22 bits per heavy atom. The van der Waals surface area contributed by atoms with E-state index < -0.39 is 0 Å². The second kappa shape index (κ2) is 7.22. The lowest BCUT2D eigenvalue weighted by atomic mass is 10.3. The highest BCUT2D eigenvalue weighted by Crippen LogP contribution is 1.87. The lowest BCUT2D eigenvalue weighted by Crippen LogP contribution is -1.57. The molecule has 0 rings (SSSR count). The zero-order chi connectivity index (χ0) is 6.95. The van der Waals surface area contributed by atoms with E-state index in [-0.39, 0.29) is 0 Å². The predicted molar refractivity (Wildman–Crippen MR) is 41.7 cm³/mol. The summed E-state index contributed by atoms with van der Waals surface area (Å²) in [6.07, 6.45) is 11.2. The van der Waals surface area contributed by atoms with Crippen molar-refractivity contribution in [2.45, 2.75) is 12.8 Å². The van der Waals surface area contributed by atoms with E-state index in [0.29, 0.717) is 0 Å². The van der Waals surface area contributed by atoms with Crippen LogP contribution in [0, 0.1) is 13.5 Å². The maximum atomic E-state index is 5.10. The monoisotopic (exact) mass is 120 g/mol. The summed E-state index contributed by atoms with van der Waals surface area (Å²) < 4.78 is 0. The van der Waals surface area contributed by atoms with Crippen molar-refractivity contribution >= 4 is 0 Å². The summed E-state index contributed by atoms with van der Waals surface area (Å²) in [5.41, 5.74) is 0. The van der Waals surface area contributed by atoms with Gasteiger partial charge >= 0.3 is 0 Å². The van der Waals surface area contributed by atoms with Gasteiger partial charge in [0.05, 0.1) is 0 Å². The fourth-order valence-electron chi connectivity index (χ4n) is 0.450. The van der Waals surface area contributed by atoms with E-state index in [9.17, 15) is 0 Å². The van der Waals surface area contributed by atoms with Gasteiger partial charge in [0, 0.05) is 0 Å².